The zero-order valence-corrected chi connectivity index (χ0v) is 16.5. The van der Waals surface area contributed by atoms with Gasteiger partial charge >= 0.3 is 0 Å². The van der Waals surface area contributed by atoms with Crippen molar-refractivity contribution in [1.82, 2.24) is 15.5 Å². The van der Waals surface area contributed by atoms with E-state index in [0.717, 1.165) is 11.1 Å². The Morgan fingerprint density at radius 3 is 2.52 bits per heavy atom. The Labute approximate surface area is 167 Å². The van der Waals surface area contributed by atoms with Crippen LogP contribution in [0, 0.1) is 6.92 Å². The van der Waals surface area contributed by atoms with Crippen molar-refractivity contribution in [3.8, 4) is 0 Å². The van der Waals surface area contributed by atoms with Gasteiger partial charge in [0.1, 0.15) is 0 Å². The van der Waals surface area contributed by atoms with Crippen molar-refractivity contribution in [3.63, 3.8) is 0 Å². The summed E-state index contributed by atoms with van der Waals surface area (Å²) in [5, 5.41) is 7.40. The largest absolute Gasteiger partial charge is 0.355 e. The van der Waals surface area contributed by atoms with Crippen LogP contribution in [0.2, 0.25) is 5.02 Å². The molecule has 0 aliphatic carbocycles. The lowest BCUT2D eigenvalue weighted by Crippen LogP contribution is -2.27. The summed E-state index contributed by atoms with van der Waals surface area (Å²) in [5.74, 6) is 1.46. The predicted octanol–water partition coefficient (Wildman–Crippen LogP) is 4.21. The lowest BCUT2D eigenvalue weighted by molar-refractivity contribution is -0.118. The standard InChI is InChI=1S/C20H20ClN3O2S/c1-14-23-19(26-24-14)11-12-22-18(25)13-27-20(15-5-3-2-4-6-15)16-7-9-17(21)10-8-16/h2-10,20H,11-13H2,1H3,(H,22,25). The van der Waals surface area contributed by atoms with Gasteiger partial charge in [0.15, 0.2) is 5.82 Å². The molecular formula is C20H20ClN3O2S. The second kappa shape index (κ2) is 9.58. The Balaban J connectivity index is 1.57. The first kappa shape index (κ1) is 19.5. The molecule has 3 rings (SSSR count). The van der Waals surface area contributed by atoms with Crippen LogP contribution in [0.15, 0.2) is 59.1 Å². The molecule has 1 N–H and O–H groups in total. The molecule has 1 unspecified atom stereocenters. The molecule has 7 heteroatoms. The van der Waals surface area contributed by atoms with Crippen molar-refractivity contribution in [2.45, 2.75) is 18.6 Å². The molecule has 3 aromatic rings. The van der Waals surface area contributed by atoms with Gasteiger partial charge in [0.25, 0.3) is 0 Å². The minimum Gasteiger partial charge on any atom is -0.355 e. The SMILES string of the molecule is Cc1noc(CCNC(=O)CSC(c2ccccc2)c2ccc(Cl)cc2)n1. The van der Waals surface area contributed by atoms with Crippen LogP contribution >= 0.6 is 23.4 Å². The van der Waals surface area contributed by atoms with Crippen LogP contribution in [-0.2, 0) is 11.2 Å². The molecule has 1 atom stereocenters. The Morgan fingerprint density at radius 1 is 1.15 bits per heavy atom. The summed E-state index contributed by atoms with van der Waals surface area (Å²) in [6.45, 7) is 2.24. The highest BCUT2D eigenvalue weighted by molar-refractivity contribution is 8.00. The Hall–Kier alpha value is -2.31. The third-order valence-electron chi connectivity index (χ3n) is 3.89. The molecule has 27 heavy (non-hydrogen) atoms. The number of halogens is 1. The quantitative estimate of drug-likeness (QED) is 0.612. The fourth-order valence-corrected chi connectivity index (χ4v) is 3.86. The van der Waals surface area contributed by atoms with Gasteiger partial charge < -0.3 is 9.84 Å². The Morgan fingerprint density at radius 2 is 1.85 bits per heavy atom. The third kappa shape index (κ3) is 5.84. The van der Waals surface area contributed by atoms with Gasteiger partial charge in [-0.2, -0.15) is 4.98 Å². The number of aryl methyl sites for hydroxylation is 1. The van der Waals surface area contributed by atoms with Gasteiger partial charge in [-0.25, -0.2) is 0 Å². The molecule has 0 spiro atoms. The summed E-state index contributed by atoms with van der Waals surface area (Å²) in [5.41, 5.74) is 2.27. The van der Waals surface area contributed by atoms with E-state index in [9.17, 15) is 4.79 Å². The number of carbonyl (C=O) groups is 1. The van der Waals surface area contributed by atoms with Gasteiger partial charge in [-0.05, 0) is 30.2 Å². The first-order chi connectivity index (χ1) is 13.1. The fraction of sp³-hybridized carbons (Fsp3) is 0.250. The number of carbonyl (C=O) groups excluding carboxylic acids is 1. The topological polar surface area (TPSA) is 68.0 Å². The number of nitrogens with one attached hydrogen (secondary N) is 1. The molecule has 0 fully saturated rings. The number of rotatable bonds is 8. The molecular weight excluding hydrogens is 382 g/mol. The number of hydrogen-bond acceptors (Lipinski definition) is 5. The van der Waals surface area contributed by atoms with Crippen LogP contribution in [0.3, 0.4) is 0 Å². The van der Waals surface area contributed by atoms with Gasteiger partial charge in [-0.15, -0.1) is 11.8 Å². The predicted molar refractivity (Wildman–Crippen MR) is 108 cm³/mol. The first-order valence-corrected chi connectivity index (χ1v) is 10.0. The second-order valence-corrected chi connectivity index (χ2v) is 7.52. The third-order valence-corrected chi connectivity index (χ3v) is 5.45. The molecule has 1 amide bonds. The lowest BCUT2D eigenvalue weighted by Gasteiger charge is -2.17. The summed E-state index contributed by atoms with van der Waals surface area (Å²) in [7, 11) is 0. The smallest absolute Gasteiger partial charge is 0.230 e. The van der Waals surface area contributed by atoms with Crippen molar-refractivity contribution < 1.29 is 9.32 Å². The molecule has 5 nitrogen and oxygen atoms in total. The van der Waals surface area contributed by atoms with Crippen molar-refractivity contribution >= 4 is 29.3 Å². The highest BCUT2D eigenvalue weighted by atomic mass is 35.5. The second-order valence-electron chi connectivity index (χ2n) is 5.99. The van der Waals surface area contributed by atoms with E-state index in [-0.39, 0.29) is 11.2 Å². The summed E-state index contributed by atoms with van der Waals surface area (Å²) in [6.07, 6.45) is 0.524. The molecule has 0 bridgehead atoms. The van der Waals surface area contributed by atoms with Crippen LogP contribution in [0.5, 0.6) is 0 Å². The highest BCUT2D eigenvalue weighted by Crippen LogP contribution is 2.35. The van der Waals surface area contributed by atoms with Gasteiger partial charge in [-0.3, -0.25) is 4.79 Å². The van der Waals surface area contributed by atoms with E-state index >= 15 is 0 Å². The van der Waals surface area contributed by atoms with Crippen molar-refractivity contribution in [2.75, 3.05) is 12.3 Å². The van der Waals surface area contributed by atoms with Crippen LogP contribution in [0.1, 0.15) is 28.1 Å². The van der Waals surface area contributed by atoms with Crippen molar-refractivity contribution in [2.24, 2.45) is 0 Å². The maximum Gasteiger partial charge on any atom is 0.230 e. The van der Waals surface area contributed by atoms with E-state index in [1.807, 2.05) is 42.5 Å². The highest BCUT2D eigenvalue weighted by Gasteiger charge is 2.16. The van der Waals surface area contributed by atoms with E-state index in [0.29, 0.717) is 35.5 Å². The van der Waals surface area contributed by atoms with Gasteiger partial charge in [-0.1, -0.05) is 59.2 Å². The minimum absolute atomic E-state index is 0.0221. The zero-order chi connectivity index (χ0) is 19.1. The van der Waals surface area contributed by atoms with Gasteiger partial charge in [0.2, 0.25) is 11.8 Å². The maximum absolute atomic E-state index is 12.2. The number of aromatic nitrogens is 2. The monoisotopic (exact) mass is 401 g/mol. The van der Waals surface area contributed by atoms with Gasteiger partial charge in [0.05, 0.1) is 11.0 Å². The van der Waals surface area contributed by atoms with E-state index in [4.69, 9.17) is 16.1 Å². The molecule has 2 aromatic carbocycles. The molecule has 0 radical (unpaired) electrons. The van der Waals surface area contributed by atoms with Crippen LogP contribution in [0.25, 0.3) is 0 Å². The van der Waals surface area contributed by atoms with Crippen molar-refractivity contribution in [3.05, 3.63) is 82.5 Å². The average molecular weight is 402 g/mol. The summed E-state index contributed by atoms with van der Waals surface area (Å²) in [4.78, 5) is 16.4. The lowest BCUT2D eigenvalue weighted by atomic mass is 10.0. The molecule has 1 heterocycles. The van der Waals surface area contributed by atoms with Crippen LogP contribution < -0.4 is 5.32 Å². The average Bonchev–Trinajstić information content (AvgIpc) is 3.09. The van der Waals surface area contributed by atoms with E-state index in [1.54, 1.807) is 18.7 Å². The number of benzene rings is 2. The minimum atomic E-state index is -0.0221. The van der Waals surface area contributed by atoms with Gasteiger partial charge in [0, 0.05) is 18.0 Å². The number of amides is 1. The van der Waals surface area contributed by atoms with E-state index in [2.05, 4.69) is 27.6 Å². The Bertz CT molecular complexity index is 868. The normalized spacial score (nSPS) is 11.9. The summed E-state index contributed by atoms with van der Waals surface area (Å²) in [6, 6.07) is 17.9. The fourth-order valence-electron chi connectivity index (χ4n) is 2.61. The molecule has 1 aromatic heterocycles. The van der Waals surface area contributed by atoms with Crippen LogP contribution in [-0.4, -0.2) is 28.3 Å². The van der Waals surface area contributed by atoms with Crippen molar-refractivity contribution in [1.29, 1.82) is 0 Å². The molecule has 0 aliphatic heterocycles. The van der Waals surface area contributed by atoms with E-state index in [1.165, 1.54) is 0 Å². The maximum atomic E-state index is 12.2. The molecule has 0 aliphatic rings. The summed E-state index contributed by atoms with van der Waals surface area (Å²) >= 11 is 7.60. The first-order valence-electron chi connectivity index (χ1n) is 8.60. The number of hydrogen-bond donors (Lipinski definition) is 1. The Kier molecular flexibility index (Phi) is 6.90. The number of thioether (sulfide) groups is 1. The van der Waals surface area contributed by atoms with E-state index < -0.39 is 0 Å². The summed E-state index contributed by atoms with van der Waals surface area (Å²) < 4.78 is 5.04. The number of nitrogens with zero attached hydrogens (tertiary/aromatic N) is 2. The van der Waals surface area contributed by atoms with Crippen LogP contribution in [0.4, 0.5) is 0 Å². The molecule has 0 saturated carbocycles. The molecule has 140 valence electrons. The zero-order valence-electron chi connectivity index (χ0n) is 14.9. The molecule has 0 saturated heterocycles.